The average molecular weight is 296 g/mol. The third kappa shape index (κ3) is 2.37. The number of ether oxygens (including phenoxy) is 2. The van der Waals surface area contributed by atoms with Crippen LogP contribution in [0.2, 0.25) is 0 Å². The van der Waals surface area contributed by atoms with E-state index < -0.39 is 5.97 Å². The molecule has 1 aliphatic rings. The van der Waals surface area contributed by atoms with Gasteiger partial charge in [-0.3, -0.25) is 4.79 Å². The number of hydrogen-bond acceptors (Lipinski definition) is 4. The van der Waals surface area contributed by atoms with Gasteiger partial charge in [0, 0.05) is 5.56 Å². The molecule has 1 aliphatic heterocycles. The summed E-state index contributed by atoms with van der Waals surface area (Å²) in [6, 6.07) is 12.0. The van der Waals surface area contributed by atoms with E-state index in [0.717, 1.165) is 21.9 Å². The molecule has 0 fully saturated rings. The van der Waals surface area contributed by atoms with Gasteiger partial charge in [-0.1, -0.05) is 36.4 Å². The fourth-order valence-electron chi connectivity index (χ4n) is 2.83. The van der Waals surface area contributed by atoms with Gasteiger partial charge in [0.05, 0.1) is 13.5 Å². The van der Waals surface area contributed by atoms with Crippen molar-refractivity contribution in [1.29, 1.82) is 0 Å². The predicted octanol–water partition coefficient (Wildman–Crippen LogP) is 3.24. The summed E-state index contributed by atoms with van der Waals surface area (Å²) in [5, 5.41) is 2.20. The van der Waals surface area contributed by atoms with Crippen LogP contribution < -0.4 is 0 Å². The Morgan fingerprint density at radius 2 is 1.95 bits per heavy atom. The van der Waals surface area contributed by atoms with Gasteiger partial charge in [0.1, 0.15) is 17.9 Å². The van der Waals surface area contributed by atoms with Crippen molar-refractivity contribution in [3.63, 3.8) is 0 Å². The first-order valence-electron chi connectivity index (χ1n) is 7.07. The average Bonchev–Trinajstić information content (AvgIpc) is 2.54. The lowest BCUT2D eigenvalue weighted by Gasteiger charge is -2.23. The van der Waals surface area contributed by atoms with E-state index in [1.165, 1.54) is 13.4 Å². The van der Waals surface area contributed by atoms with E-state index in [1.54, 1.807) is 0 Å². The van der Waals surface area contributed by atoms with Crippen LogP contribution in [0.25, 0.3) is 10.8 Å². The van der Waals surface area contributed by atoms with Gasteiger partial charge in [-0.25, -0.2) is 4.79 Å². The van der Waals surface area contributed by atoms with Crippen LogP contribution in [0.15, 0.2) is 48.2 Å². The van der Waals surface area contributed by atoms with Crippen molar-refractivity contribution < 1.29 is 19.1 Å². The number of carbonyl (C=O) groups is 2. The van der Waals surface area contributed by atoms with Gasteiger partial charge in [-0.15, -0.1) is 0 Å². The van der Waals surface area contributed by atoms with Crippen molar-refractivity contribution in [2.45, 2.75) is 19.4 Å². The normalized spacial score (nSPS) is 17.8. The predicted molar refractivity (Wildman–Crippen MR) is 82.2 cm³/mol. The third-order valence-corrected chi connectivity index (χ3v) is 3.92. The SMILES string of the molecule is COC(=O)C1=COC(c2cccc3cccc(C)c23)CC1=O. The molecule has 0 saturated heterocycles. The van der Waals surface area contributed by atoms with Crippen LogP contribution >= 0.6 is 0 Å². The van der Waals surface area contributed by atoms with Crippen molar-refractivity contribution in [2.75, 3.05) is 7.11 Å². The maximum atomic E-state index is 12.2. The highest BCUT2D eigenvalue weighted by atomic mass is 16.5. The van der Waals surface area contributed by atoms with Gasteiger partial charge in [0.15, 0.2) is 5.78 Å². The van der Waals surface area contributed by atoms with Crippen LogP contribution in [-0.4, -0.2) is 18.9 Å². The van der Waals surface area contributed by atoms with E-state index in [2.05, 4.69) is 4.74 Å². The number of aryl methyl sites for hydroxylation is 1. The second-order valence-corrected chi connectivity index (χ2v) is 5.30. The molecule has 2 aromatic carbocycles. The summed E-state index contributed by atoms with van der Waals surface area (Å²) in [5.41, 5.74) is 2.06. The first-order chi connectivity index (χ1) is 10.6. The molecule has 1 atom stereocenters. The highest BCUT2D eigenvalue weighted by Gasteiger charge is 2.30. The number of carbonyl (C=O) groups excluding carboxylic acids is 2. The topological polar surface area (TPSA) is 52.6 Å². The summed E-state index contributed by atoms with van der Waals surface area (Å²) in [4.78, 5) is 23.6. The first-order valence-corrected chi connectivity index (χ1v) is 7.07. The number of methoxy groups -OCH3 is 1. The Morgan fingerprint density at radius 3 is 2.64 bits per heavy atom. The fourth-order valence-corrected chi connectivity index (χ4v) is 2.83. The van der Waals surface area contributed by atoms with Crippen molar-refractivity contribution in [3.8, 4) is 0 Å². The van der Waals surface area contributed by atoms with Crippen LogP contribution in [0.3, 0.4) is 0 Å². The molecule has 0 bridgehead atoms. The molecule has 0 spiro atoms. The summed E-state index contributed by atoms with van der Waals surface area (Å²) < 4.78 is 10.2. The van der Waals surface area contributed by atoms with E-state index in [4.69, 9.17) is 4.74 Å². The van der Waals surface area contributed by atoms with Gasteiger partial charge < -0.3 is 9.47 Å². The Morgan fingerprint density at radius 1 is 1.23 bits per heavy atom. The van der Waals surface area contributed by atoms with Gasteiger partial charge in [-0.2, -0.15) is 0 Å². The van der Waals surface area contributed by atoms with Crippen LogP contribution in [0, 0.1) is 6.92 Å². The minimum absolute atomic E-state index is 0.0318. The smallest absolute Gasteiger partial charge is 0.344 e. The van der Waals surface area contributed by atoms with Gasteiger partial charge in [0.2, 0.25) is 0 Å². The standard InChI is InChI=1S/C18H16O4/c1-11-5-3-6-12-7-4-8-13(17(11)12)16-9-15(19)14(10-22-16)18(20)21-2/h3-8,10,16H,9H2,1-2H3. The monoisotopic (exact) mass is 296 g/mol. The number of hydrogen-bond donors (Lipinski definition) is 0. The van der Waals surface area contributed by atoms with E-state index >= 15 is 0 Å². The molecule has 112 valence electrons. The van der Waals surface area contributed by atoms with E-state index in [-0.39, 0.29) is 23.9 Å². The lowest BCUT2D eigenvalue weighted by Crippen LogP contribution is -2.22. The minimum atomic E-state index is -0.655. The summed E-state index contributed by atoms with van der Waals surface area (Å²) in [5.74, 6) is -0.911. The molecule has 0 aliphatic carbocycles. The number of Topliss-reactive ketones (excluding diaryl/α,β-unsaturated/α-hetero) is 1. The maximum absolute atomic E-state index is 12.2. The number of ketones is 1. The van der Waals surface area contributed by atoms with E-state index in [1.807, 2.05) is 43.3 Å². The van der Waals surface area contributed by atoms with E-state index in [9.17, 15) is 9.59 Å². The van der Waals surface area contributed by atoms with Gasteiger partial charge in [0.25, 0.3) is 0 Å². The van der Waals surface area contributed by atoms with Crippen molar-refractivity contribution >= 4 is 22.5 Å². The van der Waals surface area contributed by atoms with Crippen molar-refractivity contribution in [3.05, 3.63) is 59.4 Å². The van der Waals surface area contributed by atoms with Gasteiger partial charge >= 0.3 is 5.97 Å². The molecule has 3 rings (SSSR count). The number of rotatable bonds is 2. The molecule has 0 N–H and O–H groups in total. The highest BCUT2D eigenvalue weighted by molar-refractivity contribution is 6.17. The van der Waals surface area contributed by atoms with Crippen molar-refractivity contribution in [2.24, 2.45) is 0 Å². The number of benzene rings is 2. The third-order valence-electron chi connectivity index (χ3n) is 3.92. The first kappa shape index (κ1) is 14.3. The Hall–Kier alpha value is -2.62. The lowest BCUT2D eigenvalue weighted by atomic mass is 9.92. The molecular weight excluding hydrogens is 280 g/mol. The highest BCUT2D eigenvalue weighted by Crippen LogP contribution is 2.34. The zero-order chi connectivity index (χ0) is 15.7. The molecule has 4 heteroatoms. The van der Waals surface area contributed by atoms with Crippen LogP contribution in [0.4, 0.5) is 0 Å². The Kier molecular flexibility index (Phi) is 3.67. The number of esters is 1. The zero-order valence-electron chi connectivity index (χ0n) is 12.5. The summed E-state index contributed by atoms with van der Waals surface area (Å²) in [6.07, 6.45) is 0.971. The molecule has 1 heterocycles. The van der Waals surface area contributed by atoms with Gasteiger partial charge in [-0.05, 0) is 23.3 Å². The van der Waals surface area contributed by atoms with Crippen LogP contribution in [0.1, 0.15) is 23.7 Å². The quantitative estimate of drug-likeness (QED) is 0.630. The molecule has 0 aromatic heterocycles. The maximum Gasteiger partial charge on any atom is 0.344 e. The minimum Gasteiger partial charge on any atom is -0.492 e. The number of fused-ring (bicyclic) bond motifs is 1. The molecule has 22 heavy (non-hydrogen) atoms. The molecule has 4 nitrogen and oxygen atoms in total. The Bertz CT molecular complexity index is 784. The summed E-state index contributed by atoms with van der Waals surface area (Å²) in [6.45, 7) is 2.03. The molecule has 2 aromatic rings. The van der Waals surface area contributed by atoms with Crippen LogP contribution in [-0.2, 0) is 19.1 Å². The molecule has 1 unspecified atom stereocenters. The summed E-state index contributed by atoms with van der Waals surface area (Å²) in [7, 11) is 1.25. The molecule has 0 amide bonds. The molecule has 0 saturated carbocycles. The second-order valence-electron chi connectivity index (χ2n) is 5.30. The molecular formula is C18H16O4. The van der Waals surface area contributed by atoms with E-state index in [0.29, 0.717) is 0 Å². The second kappa shape index (κ2) is 5.64. The zero-order valence-corrected chi connectivity index (χ0v) is 12.5. The fraction of sp³-hybridized carbons (Fsp3) is 0.222. The Balaban J connectivity index is 2.02. The lowest BCUT2D eigenvalue weighted by molar-refractivity contribution is -0.139. The Labute approximate surface area is 128 Å². The molecule has 0 radical (unpaired) electrons. The summed E-state index contributed by atoms with van der Waals surface area (Å²) >= 11 is 0. The van der Waals surface area contributed by atoms with Crippen molar-refractivity contribution in [1.82, 2.24) is 0 Å². The largest absolute Gasteiger partial charge is 0.492 e. The van der Waals surface area contributed by atoms with Crippen LogP contribution in [0.5, 0.6) is 0 Å².